The van der Waals surface area contributed by atoms with Gasteiger partial charge in [-0.15, -0.1) is 0 Å². The topological polar surface area (TPSA) is 30.5 Å². The summed E-state index contributed by atoms with van der Waals surface area (Å²) in [5.41, 5.74) is 2.44. The van der Waals surface area contributed by atoms with Crippen LogP contribution in [-0.2, 0) is 13.2 Å². The summed E-state index contributed by atoms with van der Waals surface area (Å²) in [5, 5.41) is 3.91. The minimum Gasteiger partial charge on any atom is -0.493 e. The summed E-state index contributed by atoms with van der Waals surface area (Å²) in [6.07, 6.45) is 7.35. The van der Waals surface area contributed by atoms with E-state index in [-0.39, 0.29) is 0 Å². The maximum Gasteiger partial charge on any atom is 0.161 e. The van der Waals surface area contributed by atoms with E-state index in [1.54, 1.807) is 7.11 Å². The van der Waals surface area contributed by atoms with E-state index in [0.29, 0.717) is 12.6 Å². The molecule has 28 heavy (non-hydrogen) atoms. The average Bonchev–Trinajstić information content (AvgIpc) is 2.72. The van der Waals surface area contributed by atoms with Crippen LogP contribution in [0.1, 0.15) is 43.2 Å². The Morgan fingerprint density at radius 1 is 0.821 bits per heavy atom. The van der Waals surface area contributed by atoms with Crippen LogP contribution in [0.25, 0.3) is 0 Å². The van der Waals surface area contributed by atoms with Crippen molar-refractivity contribution in [2.45, 2.75) is 51.3 Å². The van der Waals surface area contributed by atoms with E-state index in [2.05, 4.69) is 35.6 Å². The molecule has 0 aromatic heterocycles. The number of nitrogens with one attached hydrogen (secondary N) is 1. The van der Waals surface area contributed by atoms with E-state index in [1.165, 1.54) is 37.7 Å². The van der Waals surface area contributed by atoms with Crippen molar-refractivity contribution in [2.75, 3.05) is 7.11 Å². The molecule has 2 aromatic carbocycles. The number of hydrogen-bond donors (Lipinski definition) is 1. The lowest BCUT2D eigenvalue weighted by molar-refractivity contribution is -0.0142. The Morgan fingerprint density at radius 2 is 1.54 bits per heavy atom. The molecule has 2 aromatic rings. The fraction of sp³-hybridized carbons (Fsp3) is 0.520. The minimum absolute atomic E-state index is 0.558. The van der Waals surface area contributed by atoms with Crippen LogP contribution < -0.4 is 14.8 Å². The van der Waals surface area contributed by atoms with Crippen molar-refractivity contribution < 1.29 is 9.47 Å². The minimum atomic E-state index is 0.558. The van der Waals surface area contributed by atoms with Crippen molar-refractivity contribution in [3.05, 3.63) is 59.7 Å². The van der Waals surface area contributed by atoms with Crippen LogP contribution in [0.4, 0.5) is 0 Å². The first-order valence-electron chi connectivity index (χ1n) is 10.9. The first-order valence-corrected chi connectivity index (χ1v) is 10.9. The summed E-state index contributed by atoms with van der Waals surface area (Å²) in [4.78, 5) is 0. The van der Waals surface area contributed by atoms with Crippen molar-refractivity contribution in [1.29, 1.82) is 0 Å². The predicted octanol–water partition coefficient (Wildman–Crippen LogP) is 5.19. The van der Waals surface area contributed by atoms with Gasteiger partial charge in [0.2, 0.25) is 0 Å². The molecule has 0 amide bonds. The van der Waals surface area contributed by atoms with Gasteiger partial charge in [-0.2, -0.15) is 0 Å². The molecule has 0 atom stereocenters. The maximum absolute atomic E-state index is 6.00. The van der Waals surface area contributed by atoms with Crippen LogP contribution in [-0.4, -0.2) is 13.2 Å². The highest BCUT2D eigenvalue weighted by molar-refractivity contribution is 5.43. The molecule has 0 spiro atoms. The standard InChI is InChI=1S/C25H31NO2/c1-27-24-14-18(7-8-23(24)28-16-17-5-3-2-4-6-17)15-26-25-21-10-19-9-20(12-21)13-22(25)11-19/h2-8,14,19-22,25-26H,9-13,15-16H2,1H3. The first-order chi connectivity index (χ1) is 13.8. The highest BCUT2D eigenvalue weighted by Crippen LogP contribution is 2.53. The number of methoxy groups -OCH3 is 1. The second kappa shape index (κ2) is 7.79. The van der Waals surface area contributed by atoms with Crippen LogP contribution in [0, 0.1) is 23.7 Å². The molecule has 4 aliphatic rings. The zero-order chi connectivity index (χ0) is 18.9. The summed E-state index contributed by atoms with van der Waals surface area (Å²) in [6, 6.07) is 17.3. The molecule has 4 fully saturated rings. The van der Waals surface area contributed by atoms with Gasteiger partial charge in [-0.25, -0.2) is 0 Å². The molecule has 0 heterocycles. The van der Waals surface area contributed by atoms with Crippen LogP contribution in [0.3, 0.4) is 0 Å². The summed E-state index contributed by atoms with van der Waals surface area (Å²) in [6.45, 7) is 1.48. The molecular weight excluding hydrogens is 346 g/mol. The third kappa shape index (κ3) is 3.65. The second-order valence-corrected chi connectivity index (χ2v) is 9.10. The van der Waals surface area contributed by atoms with Gasteiger partial charge in [0, 0.05) is 12.6 Å². The Bertz CT molecular complexity index is 775. The molecule has 4 bridgehead atoms. The van der Waals surface area contributed by atoms with E-state index >= 15 is 0 Å². The number of hydrogen-bond acceptors (Lipinski definition) is 3. The van der Waals surface area contributed by atoms with Crippen LogP contribution in [0.2, 0.25) is 0 Å². The Morgan fingerprint density at radius 3 is 2.21 bits per heavy atom. The molecule has 3 nitrogen and oxygen atoms in total. The second-order valence-electron chi connectivity index (χ2n) is 9.10. The molecule has 148 valence electrons. The highest BCUT2D eigenvalue weighted by atomic mass is 16.5. The highest BCUT2D eigenvalue weighted by Gasteiger charge is 2.47. The number of ether oxygens (including phenoxy) is 2. The number of benzene rings is 2. The van der Waals surface area contributed by atoms with Crippen LogP contribution in [0.5, 0.6) is 11.5 Å². The van der Waals surface area contributed by atoms with E-state index < -0.39 is 0 Å². The van der Waals surface area contributed by atoms with Crippen LogP contribution >= 0.6 is 0 Å². The van der Waals surface area contributed by atoms with Gasteiger partial charge in [-0.05, 0) is 79.0 Å². The van der Waals surface area contributed by atoms with Gasteiger partial charge in [0.05, 0.1) is 7.11 Å². The summed E-state index contributed by atoms with van der Waals surface area (Å²) >= 11 is 0. The zero-order valence-corrected chi connectivity index (χ0v) is 16.8. The first kappa shape index (κ1) is 18.1. The zero-order valence-electron chi connectivity index (χ0n) is 16.8. The molecule has 0 unspecified atom stereocenters. The molecule has 6 rings (SSSR count). The van der Waals surface area contributed by atoms with Gasteiger partial charge in [-0.1, -0.05) is 36.4 Å². The molecule has 0 aliphatic heterocycles. The van der Waals surface area contributed by atoms with Crippen molar-refractivity contribution in [2.24, 2.45) is 23.7 Å². The molecule has 3 heteroatoms. The van der Waals surface area contributed by atoms with Crippen molar-refractivity contribution >= 4 is 0 Å². The molecule has 0 radical (unpaired) electrons. The van der Waals surface area contributed by atoms with Crippen molar-refractivity contribution in [3.8, 4) is 11.5 Å². The maximum atomic E-state index is 6.00. The van der Waals surface area contributed by atoms with Gasteiger partial charge in [0.1, 0.15) is 6.61 Å². The molecule has 0 saturated heterocycles. The molecule has 4 saturated carbocycles. The van der Waals surface area contributed by atoms with Gasteiger partial charge in [0.15, 0.2) is 11.5 Å². The van der Waals surface area contributed by atoms with Gasteiger partial charge < -0.3 is 14.8 Å². The normalized spacial score (nSPS) is 30.4. The Labute approximate surface area is 168 Å². The third-order valence-electron chi connectivity index (χ3n) is 7.23. The SMILES string of the molecule is COc1cc(CNC2C3CC4CC(C3)CC2C4)ccc1OCc1ccccc1. The van der Waals surface area contributed by atoms with E-state index in [4.69, 9.17) is 9.47 Å². The fourth-order valence-electron chi connectivity index (χ4n) is 6.17. The van der Waals surface area contributed by atoms with Crippen LogP contribution in [0.15, 0.2) is 48.5 Å². The van der Waals surface area contributed by atoms with Gasteiger partial charge in [-0.3, -0.25) is 0 Å². The quantitative estimate of drug-likeness (QED) is 0.720. The van der Waals surface area contributed by atoms with Crippen molar-refractivity contribution in [3.63, 3.8) is 0 Å². The predicted molar refractivity (Wildman–Crippen MR) is 111 cm³/mol. The molecule has 1 N–H and O–H groups in total. The number of rotatable bonds is 7. The fourth-order valence-corrected chi connectivity index (χ4v) is 6.17. The van der Waals surface area contributed by atoms with Gasteiger partial charge in [0.25, 0.3) is 0 Å². The average molecular weight is 378 g/mol. The summed E-state index contributed by atoms with van der Waals surface area (Å²) in [5.74, 6) is 5.51. The Kier molecular flexibility index (Phi) is 5.02. The van der Waals surface area contributed by atoms with E-state index in [9.17, 15) is 0 Å². The smallest absolute Gasteiger partial charge is 0.161 e. The third-order valence-corrected chi connectivity index (χ3v) is 7.23. The summed E-state index contributed by atoms with van der Waals surface area (Å²) < 4.78 is 11.6. The molecular formula is C25H31NO2. The largest absolute Gasteiger partial charge is 0.493 e. The lowest BCUT2D eigenvalue weighted by Crippen LogP contribution is -2.54. The molecule has 4 aliphatic carbocycles. The lowest BCUT2D eigenvalue weighted by atomic mass is 9.54. The Balaban J connectivity index is 1.21. The monoisotopic (exact) mass is 377 g/mol. The van der Waals surface area contributed by atoms with E-state index in [0.717, 1.165) is 47.3 Å². The lowest BCUT2D eigenvalue weighted by Gasteiger charge is -2.54. The van der Waals surface area contributed by atoms with Gasteiger partial charge >= 0.3 is 0 Å². The summed E-state index contributed by atoms with van der Waals surface area (Å²) in [7, 11) is 1.72. The van der Waals surface area contributed by atoms with Crippen molar-refractivity contribution in [1.82, 2.24) is 5.32 Å². The van der Waals surface area contributed by atoms with E-state index in [1.807, 2.05) is 18.2 Å². The Hall–Kier alpha value is -2.00.